The van der Waals surface area contributed by atoms with E-state index in [9.17, 15) is 18.0 Å². The number of carbonyl (C=O) groups excluding carboxylic acids is 1. The van der Waals surface area contributed by atoms with Gasteiger partial charge in [0.1, 0.15) is 11.4 Å². The number of hydrogen-bond acceptors (Lipinski definition) is 6. The summed E-state index contributed by atoms with van der Waals surface area (Å²) < 4.78 is 54.4. The number of benzene rings is 3. The Hall–Kier alpha value is -3.01. The van der Waals surface area contributed by atoms with Gasteiger partial charge in [0.2, 0.25) is 0 Å². The zero-order valence-corrected chi connectivity index (χ0v) is 26.0. The molecule has 234 valence electrons. The fraction of sp³-hybridized carbons (Fsp3) is 0.457. The second-order valence-electron chi connectivity index (χ2n) is 13.1. The zero-order valence-electron chi connectivity index (χ0n) is 25.2. The molecular formula is C35H38F3NO4S. The molecule has 0 amide bonds. The van der Waals surface area contributed by atoms with E-state index >= 15 is 0 Å². The molecule has 3 fully saturated rings. The molecule has 5 nitrogen and oxygen atoms in total. The number of thioether (sulfide) groups is 1. The molecule has 3 aromatic carbocycles. The van der Waals surface area contributed by atoms with Gasteiger partial charge in [-0.15, -0.1) is 0 Å². The van der Waals surface area contributed by atoms with Crippen LogP contribution in [-0.4, -0.2) is 22.1 Å². The molecule has 0 bridgehead atoms. The van der Waals surface area contributed by atoms with Crippen LogP contribution in [-0.2, 0) is 20.5 Å². The van der Waals surface area contributed by atoms with Crippen LogP contribution in [0, 0.1) is 5.92 Å². The molecule has 2 saturated carbocycles. The Morgan fingerprint density at radius 2 is 1.64 bits per heavy atom. The average Bonchev–Trinajstić information content (AvgIpc) is 3.60. The monoisotopic (exact) mass is 625 g/mol. The number of nitrogens with one attached hydrogen (secondary N) is 1. The van der Waals surface area contributed by atoms with Gasteiger partial charge in [-0.25, -0.2) is 0 Å². The van der Waals surface area contributed by atoms with E-state index in [2.05, 4.69) is 5.48 Å². The summed E-state index contributed by atoms with van der Waals surface area (Å²) in [5.41, 5.74) is 2.25. The summed E-state index contributed by atoms with van der Waals surface area (Å²) in [6.45, 7) is 5.55. The summed E-state index contributed by atoms with van der Waals surface area (Å²) in [5, 5.41) is 0. The number of alkyl halides is 3. The van der Waals surface area contributed by atoms with Crippen molar-refractivity contribution >= 4 is 17.7 Å². The number of carbonyl (C=O) groups is 1. The van der Waals surface area contributed by atoms with Gasteiger partial charge >= 0.3 is 12.1 Å². The van der Waals surface area contributed by atoms with Crippen LogP contribution in [0.3, 0.4) is 0 Å². The Kier molecular flexibility index (Phi) is 8.26. The van der Waals surface area contributed by atoms with Gasteiger partial charge in [-0.05, 0) is 75.9 Å². The number of halogens is 3. The molecule has 1 unspecified atom stereocenters. The molecular weight excluding hydrogens is 587 g/mol. The van der Waals surface area contributed by atoms with E-state index in [1.807, 2.05) is 81.4 Å². The van der Waals surface area contributed by atoms with Crippen molar-refractivity contribution in [2.75, 3.05) is 0 Å². The van der Waals surface area contributed by atoms with E-state index < -0.39 is 39.8 Å². The van der Waals surface area contributed by atoms with Crippen LogP contribution in [0.25, 0.3) is 0 Å². The van der Waals surface area contributed by atoms with E-state index in [-0.39, 0.29) is 11.9 Å². The molecule has 6 rings (SSSR count). The quantitative estimate of drug-likeness (QED) is 0.209. The Labute approximate surface area is 260 Å². The van der Waals surface area contributed by atoms with Crippen molar-refractivity contribution in [1.29, 1.82) is 0 Å². The standard InChI is InChI=1S/C35H38F3NO4S/c1-32(2,3)42-31(40)26-15-10-18-33(30(26)23-11-6-4-7-12-23)22-28(39-43-33)27-21-24(35(36,37)38)16-17-29(27)41-34(19-20-34)44-25-13-8-5-9-14-25/h4-9,11-14,16-17,21,26,28,30,39H,10,15,18-20,22H2,1-3H3/t26?,28-,30-,33-/m1/s1. The van der Waals surface area contributed by atoms with Crippen molar-refractivity contribution < 1.29 is 32.3 Å². The lowest BCUT2D eigenvalue weighted by molar-refractivity contribution is -0.170. The third kappa shape index (κ3) is 6.65. The molecule has 9 heteroatoms. The fourth-order valence-corrected chi connectivity index (χ4v) is 7.75. The molecule has 1 saturated heterocycles. The first-order chi connectivity index (χ1) is 20.9. The topological polar surface area (TPSA) is 56.8 Å². The maximum atomic E-state index is 14.0. The van der Waals surface area contributed by atoms with Gasteiger partial charge in [0.25, 0.3) is 0 Å². The van der Waals surface area contributed by atoms with E-state index in [4.69, 9.17) is 14.3 Å². The number of ether oxygens (including phenoxy) is 2. The summed E-state index contributed by atoms with van der Waals surface area (Å²) in [5.74, 6) is -0.675. The minimum Gasteiger partial charge on any atom is -0.476 e. The fourth-order valence-electron chi connectivity index (χ4n) is 6.59. The summed E-state index contributed by atoms with van der Waals surface area (Å²) in [6, 6.07) is 22.8. The predicted molar refractivity (Wildman–Crippen MR) is 163 cm³/mol. The second kappa shape index (κ2) is 11.7. The highest BCUT2D eigenvalue weighted by atomic mass is 32.2. The normalized spacial score (nSPS) is 26.4. The van der Waals surface area contributed by atoms with Crippen LogP contribution in [0.15, 0.2) is 83.8 Å². The Morgan fingerprint density at radius 1 is 0.955 bits per heavy atom. The zero-order chi connectivity index (χ0) is 31.2. The number of hydroxylamine groups is 1. The minimum absolute atomic E-state index is 0.283. The Bertz CT molecular complexity index is 1470. The highest BCUT2D eigenvalue weighted by Gasteiger charge is 2.56. The lowest BCUT2D eigenvalue weighted by Crippen LogP contribution is -2.47. The molecule has 0 radical (unpaired) electrons. The smallest absolute Gasteiger partial charge is 0.416 e. The Balaban J connectivity index is 1.34. The largest absolute Gasteiger partial charge is 0.476 e. The molecule has 1 heterocycles. The van der Waals surface area contributed by atoms with Crippen molar-refractivity contribution in [2.24, 2.45) is 5.92 Å². The molecule has 4 atom stereocenters. The first-order valence-corrected chi connectivity index (χ1v) is 16.0. The van der Waals surface area contributed by atoms with Gasteiger partial charge < -0.3 is 9.47 Å². The van der Waals surface area contributed by atoms with Gasteiger partial charge in [-0.2, -0.15) is 18.7 Å². The molecule has 1 aliphatic heterocycles. The van der Waals surface area contributed by atoms with E-state index in [0.29, 0.717) is 30.6 Å². The van der Waals surface area contributed by atoms with Gasteiger partial charge in [0, 0.05) is 35.6 Å². The highest BCUT2D eigenvalue weighted by molar-refractivity contribution is 8.00. The van der Waals surface area contributed by atoms with Crippen molar-refractivity contribution in [3.05, 3.63) is 95.6 Å². The average molecular weight is 626 g/mol. The Morgan fingerprint density at radius 3 is 2.27 bits per heavy atom. The second-order valence-corrected chi connectivity index (χ2v) is 14.6. The third-order valence-corrected chi connectivity index (χ3v) is 9.99. The predicted octanol–water partition coefficient (Wildman–Crippen LogP) is 9.00. The van der Waals surface area contributed by atoms with Crippen molar-refractivity contribution in [3.63, 3.8) is 0 Å². The lowest BCUT2D eigenvalue weighted by atomic mass is 9.64. The summed E-state index contributed by atoms with van der Waals surface area (Å²) in [7, 11) is 0. The van der Waals surface area contributed by atoms with E-state index in [1.165, 1.54) is 12.1 Å². The SMILES string of the molecule is CC(C)(C)OC(=O)C1CCC[C@@]2(C[C@H](c3cc(C(F)(F)F)ccc3OC3(Sc4ccccc4)CC3)NO2)[C@@H]1c1ccccc1. The van der Waals surface area contributed by atoms with Crippen LogP contribution in [0.2, 0.25) is 0 Å². The van der Waals surface area contributed by atoms with Crippen molar-refractivity contribution in [2.45, 2.75) is 98.5 Å². The molecule has 1 N–H and O–H groups in total. The number of hydrogen-bond donors (Lipinski definition) is 1. The molecule has 2 aliphatic carbocycles. The van der Waals surface area contributed by atoms with Crippen LogP contribution >= 0.6 is 11.8 Å². The third-order valence-electron chi connectivity index (χ3n) is 8.62. The van der Waals surface area contributed by atoms with Crippen LogP contribution in [0.1, 0.15) is 87.9 Å². The van der Waals surface area contributed by atoms with Crippen LogP contribution in [0.5, 0.6) is 5.75 Å². The first-order valence-electron chi connectivity index (χ1n) is 15.2. The number of rotatable bonds is 7. The van der Waals surface area contributed by atoms with Crippen molar-refractivity contribution in [1.82, 2.24) is 5.48 Å². The van der Waals surface area contributed by atoms with E-state index in [0.717, 1.165) is 35.8 Å². The summed E-state index contributed by atoms with van der Waals surface area (Å²) >= 11 is 1.59. The van der Waals surface area contributed by atoms with Crippen LogP contribution in [0.4, 0.5) is 13.2 Å². The minimum atomic E-state index is -4.51. The molecule has 1 spiro atoms. The molecule has 0 aromatic heterocycles. The summed E-state index contributed by atoms with van der Waals surface area (Å²) in [6.07, 6.45) is -0.537. The van der Waals surface area contributed by atoms with Gasteiger partial charge in [-0.3, -0.25) is 9.63 Å². The van der Waals surface area contributed by atoms with Gasteiger partial charge in [-0.1, -0.05) is 60.3 Å². The maximum Gasteiger partial charge on any atom is 0.416 e. The maximum absolute atomic E-state index is 14.0. The first kappa shape index (κ1) is 31.0. The lowest BCUT2D eigenvalue weighted by Gasteiger charge is -2.44. The van der Waals surface area contributed by atoms with Gasteiger partial charge in [0.05, 0.1) is 23.1 Å². The molecule has 3 aliphatic rings. The van der Waals surface area contributed by atoms with Crippen molar-refractivity contribution in [3.8, 4) is 5.75 Å². The highest BCUT2D eigenvalue weighted by Crippen LogP contribution is 2.56. The molecule has 44 heavy (non-hydrogen) atoms. The molecule has 3 aromatic rings. The summed E-state index contributed by atoms with van der Waals surface area (Å²) in [4.78, 5) is 20.5. The number of esters is 1. The van der Waals surface area contributed by atoms with Crippen LogP contribution < -0.4 is 10.2 Å². The van der Waals surface area contributed by atoms with Gasteiger partial charge in [0.15, 0.2) is 4.93 Å². The van der Waals surface area contributed by atoms with E-state index in [1.54, 1.807) is 11.8 Å².